The molecule has 4 rings (SSSR count). The molecule has 0 radical (unpaired) electrons. The molecule has 1 amide bonds. The van der Waals surface area contributed by atoms with Crippen molar-refractivity contribution >= 4 is 23.0 Å². The standard InChI is InChI=1S/C24H23N3O5/c1-13-10-18(15(3)30-13)20-11-19(21-14(2)27-32-23(21)26-20)24(29)31-16(4)22(28)25-12-17-8-6-5-7-9-17/h5-11,16H,12H2,1-4H3,(H,25,28). The van der Waals surface area contributed by atoms with Crippen LogP contribution in [0.25, 0.3) is 22.4 Å². The van der Waals surface area contributed by atoms with Gasteiger partial charge in [0.1, 0.15) is 11.5 Å². The van der Waals surface area contributed by atoms with E-state index in [-0.39, 0.29) is 11.3 Å². The number of fused-ring (bicyclic) bond motifs is 1. The minimum Gasteiger partial charge on any atom is -0.466 e. The van der Waals surface area contributed by atoms with E-state index in [2.05, 4.69) is 15.5 Å². The summed E-state index contributed by atoms with van der Waals surface area (Å²) < 4.78 is 16.4. The Morgan fingerprint density at radius 1 is 1.12 bits per heavy atom. The molecule has 1 aromatic carbocycles. The van der Waals surface area contributed by atoms with Crippen LogP contribution in [-0.4, -0.2) is 28.1 Å². The molecule has 1 atom stereocenters. The van der Waals surface area contributed by atoms with Gasteiger partial charge in [0.05, 0.1) is 22.3 Å². The van der Waals surface area contributed by atoms with Gasteiger partial charge < -0.3 is 19.0 Å². The maximum Gasteiger partial charge on any atom is 0.339 e. The number of aromatic nitrogens is 2. The molecule has 0 bridgehead atoms. The van der Waals surface area contributed by atoms with Crippen molar-refractivity contribution in [1.82, 2.24) is 15.5 Å². The zero-order valence-electron chi connectivity index (χ0n) is 18.3. The molecular weight excluding hydrogens is 410 g/mol. The van der Waals surface area contributed by atoms with Crippen molar-refractivity contribution in [3.05, 3.63) is 70.8 Å². The molecule has 3 aromatic heterocycles. The predicted molar refractivity (Wildman–Crippen MR) is 117 cm³/mol. The Morgan fingerprint density at radius 2 is 1.88 bits per heavy atom. The number of benzene rings is 1. The number of carbonyl (C=O) groups is 2. The van der Waals surface area contributed by atoms with Crippen LogP contribution >= 0.6 is 0 Å². The molecule has 4 aromatic rings. The summed E-state index contributed by atoms with van der Waals surface area (Å²) >= 11 is 0. The fraction of sp³-hybridized carbons (Fsp3) is 0.250. The van der Waals surface area contributed by atoms with E-state index in [9.17, 15) is 9.59 Å². The van der Waals surface area contributed by atoms with Gasteiger partial charge in [-0.25, -0.2) is 9.78 Å². The summed E-state index contributed by atoms with van der Waals surface area (Å²) in [6.45, 7) is 7.24. The molecule has 8 heteroatoms. The minimum absolute atomic E-state index is 0.214. The fourth-order valence-electron chi connectivity index (χ4n) is 3.49. The molecular formula is C24H23N3O5. The van der Waals surface area contributed by atoms with E-state index < -0.39 is 18.0 Å². The van der Waals surface area contributed by atoms with Gasteiger partial charge in [0, 0.05) is 12.1 Å². The molecule has 0 aliphatic heterocycles. The summed E-state index contributed by atoms with van der Waals surface area (Å²) in [5.74, 6) is 0.334. The van der Waals surface area contributed by atoms with E-state index in [1.54, 1.807) is 13.0 Å². The van der Waals surface area contributed by atoms with Crippen molar-refractivity contribution in [2.75, 3.05) is 0 Å². The van der Waals surface area contributed by atoms with E-state index in [0.717, 1.165) is 16.9 Å². The summed E-state index contributed by atoms with van der Waals surface area (Å²) in [7, 11) is 0. The first-order valence-corrected chi connectivity index (χ1v) is 10.2. The van der Waals surface area contributed by atoms with Crippen LogP contribution in [0.15, 0.2) is 51.4 Å². The Balaban J connectivity index is 1.57. The second-order valence-electron chi connectivity index (χ2n) is 7.58. The summed E-state index contributed by atoms with van der Waals surface area (Å²) in [4.78, 5) is 30.0. The van der Waals surface area contributed by atoms with Crippen LogP contribution in [0.3, 0.4) is 0 Å². The van der Waals surface area contributed by atoms with Crippen LogP contribution in [0, 0.1) is 20.8 Å². The number of furan rings is 1. The van der Waals surface area contributed by atoms with Gasteiger partial charge in [0.2, 0.25) is 0 Å². The number of hydrogen-bond acceptors (Lipinski definition) is 7. The summed E-state index contributed by atoms with van der Waals surface area (Å²) in [6, 6.07) is 12.9. The number of pyridine rings is 1. The predicted octanol–water partition coefficient (Wildman–Crippen LogP) is 4.27. The second kappa shape index (κ2) is 8.66. The second-order valence-corrected chi connectivity index (χ2v) is 7.58. The molecule has 0 saturated heterocycles. The Labute approximate surface area is 184 Å². The largest absolute Gasteiger partial charge is 0.466 e. The van der Waals surface area contributed by atoms with Gasteiger partial charge in [0.25, 0.3) is 11.6 Å². The molecule has 0 spiro atoms. The molecule has 0 aliphatic carbocycles. The molecule has 3 heterocycles. The van der Waals surface area contributed by atoms with Crippen molar-refractivity contribution in [1.29, 1.82) is 0 Å². The minimum atomic E-state index is -0.990. The first-order chi connectivity index (χ1) is 15.3. The first kappa shape index (κ1) is 21.3. The molecule has 1 unspecified atom stereocenters. The van der Waals surface area contributed by atoms with E-state index >= 15 is 0 Å². The van der Waals surface area contributed by atoms with E-state index in [1.165, 1.54) is 6.92 Å². The van der Waals surface area contributed by atoms with Crippen molar-refractivity contribution in [2.24, 2.45) is 0 Å². The lowest BCUT2D eigenvalue weighted by Crippen LogP contribution is -2.35. The number of esters is 1. The van der Waals surface area contributed by atoms with Gasteiger partial charge in [-0.3, -0.25) is 4.79 Å². The lowest BCUT2D eigenvalue weighted by Gasteiger charge is -2.14. The molecule has 164 valence electrons. The van der Waals surface area contributed by atoms with Crippen LogP contribution in [-0.2, 0) is 16.1 Å². The zero-order valence-corrected chi connectivity index (χ0v) is 18.3. The lowest BCUT2D eigenvalue weighted by molar-refractivity contribution is -0.129. The third-order valence-corrected chi connectivity index (χ3v) is 5.12. The van der Waals surface area contributed by atoms with Crippen molar-refractivity contribution in [2.45, 2.75) is 40.3 Å². The van der Waals surface area contributed by atoms with Crippen LogP contribution in [0.5, 0.6) is 0 Å². The Bertz CT molecular complexity index is 1290. The van der Waals surface area contributed by atoms with Gasteiger partial charge in [-0.05, 0) is 45.4 Å². The molecule has 1 N–H and O–H groups in total. The maximum absolute atomic E-state index is 13.0. The highest BCUT2D eigenvalue weighted by atomic mass is 16.5. The molecule has 8 nitrogen and oxygen atoms in total. The SMILES string of the molecule is Cc1cc(-c2cc(C(=O)OC(C)C(=O)NCc3ccccc3)c3c(C)noc3n2)c(C)o1. The van der Waals surface area contributed by atoms with E-state index in [4.69, 9.17) is 13.7 Å². The number of rotatable bonds is 6. The van der Waals surface area contributed by atoms with Crippen LogP contribution in [0.1, 0.15) is 40.1 Å². The quantitative estimate of drug-likeness (QED) is 0.453. The average Bonchev–Trinajstić information content (AvgIpc) is 3.33. The number of amides is 1. The van der Waals surface area contributed by atoms with Crippen LogP contribution in [0.2, 0.25) is 0 Å². The Kier molecular flexibility index (Phi) is 5.77. The number of aryl methyl sites for hydroxylation is 3. The highest BCUT2D eigenvalue weighted by molar-refractivity contribution is 6.05. The Morgan fingerprint density at radius 3 is 2.56 bits per heavy atom. The monoisotopic (exact) mass is 433 g/mol. The normalized spacial score (nSPS) is 12.0. The number of carbonyl (C=O) groups excluding carboxylic acids is 2. The summed E-state index contributed by atoms with van der Waals surface area (Å²) in [5, 5.41) is 7.16. The van der Waals surface area contributed by atoms with E-state index in [1.807, 2.05) is 50.2 Å². The van der Waals surface area contributed by atoms with Crippen LogP contribution < -0.4 is 5.32 Å². The van der Waals surface area contributed by atoms with E-state index in [0.29, 0.717) is 29.1 Å². The zero-order chi connectivity index (χ0) is 22.8. The third kappa shape index (κ3) is 4.25. The molecule has 0 fully saturated rings. The smallest absolute Gasteiger partial charge is 0.339 e. The van der Waals surface area contributed by atoms with Crippen LogP contribution in [0.4, 0.5) is 0 Å². The average molecular weight is 433 g/mol. The summed E-state index contributed by atoms with van der Waals surface area (Å²) in [6.07, 6.45) is -0.990. The number of hydrogen-bond donors (Lipinski definition) is 1. The first-order valence-electron chi connectivity index (χ1n) is 10.2. The highest BCUT2D eigenvalue weighted by Gasteiger charge is 2.25. The van der Waals surface area contributed by atoms with Gasteiger partial charge >= 0.3 is 5.97 Å². The third-order valence-electron chi connectivity index (χ3n) is 5.12. The molecule has 0 saturated carbocycles. The lowest BCUT2D eigenvalue weighted by atomic mass is 10.1. The maximum atomic E-state index is 13.0. The number of ether oxygens (including phenoxy) is 1. The Hall–Kier alpha value is -3.94. The van der Waals surface area contributed by atoms with Gasteiger partial charge in [-0.15, -0.1) is 0 Å². The van der Waals surface area contributed by atoms with Crippen molar-refractivity contribution < 1.29 is 23.3 Å². The summed E-state index contributed by atoms with van der Waals surface area (Å²) in [5.41, 5.74) is 3.13. The fourth-order valence-corrected chi connectivity index (χ4v) is 3.49. The topological polar surface area (TPSA) is 107 Å². The molecule has 32 heavy (non-hydrogen) atoms. The highest BCUT2D eigenvalue weighted by Crippen LogP contribution is 2.30. The number of nitrogens with zero attached hydrogens (tertiary/aromatic N) is 2. The van der Waals surface area contributed by atoms with Crippen molar-refractivity contribution in [3.8, 4) is 11.3 Å². The van der Waals surface area contributed by atoms with Gasteiger partial charge in [-0.2, -0.15) is 0 Å². The number of nitrogens with one attached hydrogen (secondary N) is 1. The van der Waals surface area contributed by atoms with Gasteiger partial charge in [-0.1, -0.05) is 35.5 Å². The van der Waals surface area contributed by atoms with Gasteiger partial charge in [0.15, 0.2) is 6.10 Å². The molecule has 0 aliphatic rings. The van der Waals surface area contributed by atoms with Crippen molar-refractivity contribution in [3.63, 3.8) is 0 Å².